The quantitative estimate of drug-likeness (QED) is 0.690. The molecule has 0 radical (unpaired) electrons. The third-order valence-corrected chi connectivity index (χ3v) is 3.65. The Morgan fingerprint density at radius 1 is 0.750 bits per heavy atom. The van der Waals surface area contributed by atoms with Crippen molar-refractivity contribution in [1.29, 1.82) is 0 Å². The lowest BCUT2D eigenvalue weighted by Crippen LogP contribution is -1.89. The Morgan fingerprint density at radius 3 is 1.50 bits per heavy atom. The van der Waals surface area contributed by atoms with Crippen LogP contribution in [0.5, 0.6) is 11.5 Å². The first-order valence-electron chi connectivity index (χ1n) is 5.83. The van der Waals surface area contributed by atoms with Crippen LogP contribution in [0.1, 0.15) is 11.1 Å². The molecular weight excluding hydrogens is 384 g/mol. The molecule has 0 bridgehead atoms. The van der Waals surface area contributed by atoms with Gasteiger partial charge in [-0.1, -0.05) is 43.7 Å². The number of benzene rings is 2. The standard InChI is InChI=1S/C16H12Br2O2/c1-19-15-9-13(17)7-5-11(15)3-4-12-6-8-14(18)10-16(12)20-2/h5-10H,1-2H3. The van der Waals surface area contributed by atoms with E-state index in [-0.39, 0.29) is 0 Å². The van der Waals surface area contributed by atoms with E-state index in [9.17, 15) is 0 Å². The van der Waals surface area contributed by atoms with Crippen molar-refractivity contribution < 1.29 is 9.47 Å². The van der Waals surface area contributed by atoms with Gasteiger partial charge in [-0.15, -0.1) is 0 Å². The molecule has 20 heavy (non-hydrogen) atoms. The van der Waals surface area contributed by atoms with Gasteiger partial charge in [0.05, 0.1) is 25.3 Å². The summed E-state index contributed by atoms with van der Waals surface area (Å²) in [6.07, 6.45) is 0. The fourth-order valence-electron chi connectivity index (χ4n) is 1.67. The maximum absolute atomic E-state index is 5.32. The molecule has 0 aromatic heterocycles. The van der Waals surface area contributed by atoms with Gasteiger partial charge >= 0.3 is 0 Å². The fourth-order valence-corrected chi connectivity index (χ4v) is 2.35. The molecule has 0 saturated carbocycles. The molecule has 0 unspecified atom stereocenters. The minimum absolute atomic E-state index is 0.739. The monoisotopic (exact) mass is 394 g/mol. The van der Waals surface area contributed by atoms with Gasteiger partial charge in [0.2, 0.25) is 0 Å². The number of hydrogen-bond acceptors (Lipinski definition) is 2. The van der Waals surface area contributed by atoms with E-state index in [0.717, 1.165) is 31.6 Å². The van der Waals surface area contributed by atoms with E-state index in [2.05, 4.69) is 43.7 Å². The summed E-state index contributed by atoms with van der Waals surface area (Å²) in [5.41, 5.74) is 1.67. The van der Waals surface area contributed by atoms with E-state index in [1.165, 1.54) is 0 Å². The predicted molar refractivity (Wildman–Crippen MR) is 87.4 cm³/mol. The SMILES string of the molecule is COc1cc(Br)ccc1C#Cc1ccc(Br)cc1OC. The van der Waals surface area contributed by atoms with Crippen molar-refractivity contribution in [3.8, 4) is 23.3 Å². The Kier molecular flexibility index (Phi) is 5.11. The van der Waals surface area contributed by atoms with Gasteiger partial charge in [0.25, 0.3) is 0 Å². The highest BCUT2D eigenvalue weighted by atomic mass is 79.9. The van der Waals surface area contributed by atoms with Crippen LogP contribution in [0.4, 0.5) is 0 Å². The first-order valence-corrected chi connectivity index (χ1v) is 7.41. The van der Waals surface area contributed by atoms with Crippen molar-refractivity contribution in [3.63, 3.8) is 0 Å². The molecule has 0 aliphatic heterocycles. The lowest BCUT2D eigenvalue weighted by Gasteiger charge is -2.04. The maximum atomic E-state index is 5.32. The minimum Gasteiger partial charge on any atom is -0.495 e. The van der Waals surface area contributed by atoms with Crippen LogP contribution in [-0.4, -0.2) is 14.2 Å². The molecule has 2 aromatic rings. The Bertz CT molecular complexity index is 627. The second kappa shape index (κ2) is 6.83. The molecule has 2 nitrogen and oxygen atoms in total. The van der Waals surface area contributed by atoms with Crippen LogP contribution >= 0.6 is 31.9 Å². The van der Waals surface area contributed by atoms with Crippen LogP contribution in [0.2, 0.25) is 0 Å². The van der Waals surface area contributed by atoms with Crippen LogP contribution in [0.15, 0.2) is 45.3 Å². The summed E-state index contributed by atoms with van der Waals surface area (Å²) in [6.45, 7) is 0. The first-order chi connectivity index (χ1) is 9.63. The summed E-state index contributed by atoms with van der Waals surface area (Å²) in [7, 11) is 3.26. The van der Waals surface area contributed by atoms with Crippen molar-refractivity contribution in [2.75, 3.05) is 14.2 Å². The number of halogens is 2. The van der Waals surface area contributed by atoms with Crippen molar-refractivity contribution in [2.24, 2.45) is 0 Å². The second-order valence-corrected chi connectivity index (χ2v) is 5.77. The third-order valence-electron chi connectivity index (χ3n) is 2.66. The van der Waals surface area contributed by atoms with E-state index in [1.807, 2.05) is 36.4 Å². The van der Waals surface area contributed by atoms with Crippen LogP contribution in [-0.2, 0) is 0 Å². The lowest BCUT2D eigenvalue weighted by atomic mass is 10.1. The van der Waals surface area contributed by atoms with Gasteiger partial charge in [0.15, 0.2) is 0 Å². The summed E-state index contributed by atoms with van der Waals surface area (Å²) in [6, 6.07) is 11.5. The second-order valence-electron chi connectivity index (χ2n) is 3.94. The average molecular weight is 396 g/mol. The molecule has 0 aliphatic carbocycles. The minimum atomic E-state index is 0.739. The largest absolute Gasteiger partial charge is 0.495 e. The van der Waals surface area contributed by atoms with E-state index < -0.39 is 0 Å². The number of methoxy groups -OCH3 is 2. The third kappa shape index (κ3) is 3.56. The molecule has 0 saturated heterocycles. The first kappa shape index (κ1) is 15.0. The zero-order valence-corrected chi connectivity index (χ0v) is 14.2. The average Bonchev–Trinajstić information content (AvgIpc) is 2.46. The van der Waals surface area contributed by atoms with Crippen molar-refractivity contribution in [2.45, 2.75) is 0 Å². The summed E-state index contributed by atoms with van der Waals surface area (Å²) >= 11 is 6.82. The van der Waals surface area contributed by atoms with Gasteiger partial charge in [-0.05, 0) is 36.4 Å². The molecule has 4 heteroatoms. The Balaban J connectivity index is 2.41. The van der Waals surface area contributed by atoms with Gasteiger partial charge in [-0.2, -0.15) is 0 Å². The Labute approximate surface area is 135 Å². The normalized spacial score (nSPS) is 9.60. The molecule has 2 rings (SSSR count). The topological polar surface area (TPSA) is 18.5 Å². The van der Waals surface area contributed by atoms with Crippen molar-refractivity contribution >= 4 is 31.9 Å². The van der Waals surface area contributed by atoms with Crippen molar-refractivity contribution in [1.82, 2.24) is 0 Å². The predicted octanol–water partition coefficient (Wildman–Crippen LogP) is 4.63. The molecule has 0 atom stereocenters. The maximum Gasteiger partial charge on any atom is 0.135 e. The van der Waals surface area contributed by atoms with E-state index >= 15 is 0 Å². The number of hydrogen-bond donors (Lipinski definition) is 0. The molecule has 0 heterocycles. The van der Waals surface area contributed by atoms with Gasteiger partial charge in [-0.25, -0.2) is 0 Å². The smallest absolute Gasteiger partial charge is 0.135 e. The zero-order chi connectivity index (χ0) is 14.5. The van der Waals surface area contributed by atoms with E-state index in [1.54, 1.807) is 14.2 Å². The highest BCUT2D eigenvalue weighted by Gasteiger charge is 2.03. The molecule has 0 N–H and O–H groups in total. The molecular formula is C16H12Br2O2. The highest BCUT2D eigenvalue weighted by Crippen LogP contribution is 2.25. The molecule has 0 fully saturated rings. The van der Waals surface area contributed by atoms with Gasteiger partial charge in [0.1, 0.15) is 11.5 Å². The van der Waals surface area contributed by atoms with Crippen LogP contribution in [0.3, 0.4) is 0 Å². The summed E-state index contributed by atoms with van der Waals surface area (Å²) in [5.74, 6) is 7.70. The zero-order valence-electron chi connectivity index (χ0n) is 11.0. The summed E-state index contributed by atoms with van der Waals surface area (Å²) in [5, 5.41) is 0. The molecule has 0 amide bonds. The van der Waals surface area contributed by atoms with E-state index in [0.29, 0.717) is 0 Å². The molecule has 2 aromatic carbocycles. The summed E-state index contributed by atoms with van der Waals surface area (Å²) < 4.78 is 12.6. The Hall–Kier alpha value is -1.44. The summed E-state index contributed by atoms with van der Waals surface area (Å²) in [4.78, 5) is 0. The van der Waals surface area contributed by atoms with E-state index in [4.69, 9.17) is 9.47 Å². The van der Waals surface area contributed by atoms with Gasteiger partial charge in [-0.3, -0.25) is 0 Å². The van der Waals surface area contributed by atoms with Crippen molar-refractivity contribution in [3.05, 3.63) is 56.5 Å². The molecule has 102 valence electrons. The van der Waals surface area contributed by atoms with Crippen LogP contribution in [0.25, 0.3) is 0 Å². The van der Waals surface area contributed by atoms with Gasteiger partial charge in [0, 0.05) is 8.95 Å². The fraction of sp³-hybridized carbons (Fsp3) is 0.125. The Morgan fingerprint density at radius 2 is 1.15 bits per heavy atom. The lowest BCUT2D eigenvalue weighted by molar-refractivity contribution is 0.413. The van der Waals surface area contributed by atoms with Crippen LogP contribution < -0.4 is 9.47 Å². The van der Waals surface area contributed by atoms with Gasteiger partial charge < -0.3 is 9.47 Å². The molecule has 0 aliphatic rings. The highest BCUT2D eigenvalue weighted by molar-refractivity contribution is 9.10. The van der Waals surface area contributed by atoms with Crippen LogP contribution in [0, 0.1) is 11.8 Å². The number of rotatable bonds is 2. The number of ether oxygens (including phenoxy) is 2. The molecule has 0 spiro atoms.